The maximum atomic E-state index is 12.9. The molecule has 1 amide bonds. The molecule has 4 N–H and O–H groups in total. The molecule has 0 aromatic heterocycles. The zero-order valence-electron chi connectivity index (χ0n) is 16.3. The molecule has 6 unspecified atom stereocenters. The molecule has 146 valence electrons. The van der Waals surface area contributed by atoms with E-state index in [9.17, 15) is 4.79 Å². The van der Waals surface area contributed by atoms with Gasteiger partial charge in [0.05, 0.1) is 11.0 Å². The molecule has 0 radical (unpaired) electrons. The van der Waals surface area contributed by atoms with Gasteiger partial charge in [0.25, 0.3) is 0 Å². The number of nitrogens with zero attached hydrogens (tertiary/aromatic N) is 2. The van der Waals surface area contributed by atoms with Gasteiger partial charge in [0.1, 0.15) is 0 Å². The van der Waals surface area contributed by atoms with Gasteiger partial charge in [-0.3, -0.25) is 9.69 Å². The smallest absolute Gasteiger partial charge is 0.225 e. The number of benzene rings is 1. The number of carbonyl (C=O) groups is 1. The topological polar surface area (TPSA) is 75.6 Å². The number of primary amides is 1. The first-order valence-electron chi connectivity index (χ1n) is 10.5. The molecule has 6 rings (SSSR count). The van der Waals surface area contributed by atoms with E-state index in [1.54, 1.807) is 0 Å². The fourth-order valence-corrected chi connectivity index (χ4v) is 7.32. The van der Waals surface area contributed by atoms with E-state index in [1.165, 1.54) is 6.42 Å². The van der Waals surface area contributed by atoms with Crippen LogP contribution in [0.25, 0.3) is 0 Å². The van der Waals surface area contributed by atoms with Gasteiger partial charge in [0.2, 0.25) is 5.91 Å². The van der Waals surface area contributed by atoms with Crippen LogP contribution in [-0.4, -0.2) is 55.0 Å². The quantitative estimate of drug-likeness (QED) is 0.845. The lowest BCUT2D eigenvalue weighted by molar-refractivity contribution is -0.186. The first-order valence-corrected chi connectivity index (χ1v) is 10.5. The normalized spacial score (nSPS) is 44.5. The van der Waals surface area contributed by atoms with Crippen molar-refractivity contribution in [3.05, 3.63) is 35.9 Å². The SMILES string of the molecule is CN1CCN(C2C3CC4CC2C(N)(c2ccccc2)C(C(N)=O)(C4)C3)CC1. The number of carbonyl (C=O) groups excluding carboxylic acids is 1. The molecular weight excluding hydrogens is 336 g/mol. The van der Waals surface area contributed by atoms with E-state index in [1.807, 2.05) is 6.07 Å². The highest BCUT2D eigenvalue weighted by Crippen LogP contribution is 2.67. The van der Waals surface area contributed by atoms with Crippen LogP contribution in [0.1, 0.15) is 31.2 Å². The number of hydrogen-bond acceptors (Lipinski definition) is 4. The summed E-state index contributed by atoms with van der Waals surface area (Å²) in [6.07, 6.45) is 4.11. The second kappa shape index (κ2) is 6.03. The van der Waals surface area contributed by atoms with Crippen LogP contribution in [0.5, 0.6) is 0 Å². The molecule has 4 bridgehead atoms. The highest BCUT2D eigenvalue weighted by atomic mass is 16.1. The van der Waals surface area contributed by atoms with Crippen molar-refractivity contribution in [2.75, 3.05) is 33.2 Å². The summed E-state index contributed by atoms with van der Waals surface area (Å²) in [6.45, 7) is 4.44. The largest absolute Gasteiger partial charge is 0.369 e. The summed E-state index contributed by atoms with van der Waals surface area (Å²) < 4.78 is 0. The van der Waals surface area contributed by atoms with Crippen molar-refractivity contribution in [3.8, 4) is 0 Å². The Hall–Kier alpha value is -1.43. The van der Waals surface area contributed by atoms with Crippen molar-refractivity contribution < 1.29 is 4.79 Å². The summed E-state index contributed by atoms with van der Waals surface area (Å²) in [4.78, 5) is 18.0. The minimum atomic E-state index is -0.651. The van der Waals surface area contributed by atoms with E-state index in [0.29, 0.717) is 23.8 Å². The Bertz CT molecular complexity index is 731. The van der Waals surface area contributed by atoms with Gasteiger partial charge in [-0.25, -0.2) is 0 Å². The molecule has 5 fully saturated rings. The van der Waals surface area contributed by atoms with Gasteiger partial charge in [-0.2, -0.15) is 0 Å². The van der Waals surface area contributed by atoms with E-state index in [2.05, 4.69) is 41.1 Å². The lowest BCUT2D eigenvalue weighted by Crippen LogP contribution is -2.76. The van der Waals surface area contributed by atoms with Gasteiger partial charge < -0.3 is 16.4 Å². The number of likely N-dealkylation sites (N-methyl/N-ethyl adjacent to an activating group) is 1. The van der Waals surface area contributed by atoms with Crippen LogP contribution in [0.3, 0.4) is 0 Å². The molecule has 1 heterocycles. The zero-order valence-corrected chi connectivity index (χ0v) is 16.3. The molecule has 5 heteroatoms. The Morgan fingerprint density at radius 2 is 1.78 bits per heavy atom. The molecule has 5 aliphatic rings. The summed E-state index contributed by atoms with van der Waals surface area (Å²) >= 11 is 0. The molecule has 5 nitrogen and oxygen atoms in total. The summed E-state index contributed by atoms with van der Waals surface area (Å²) in [5.41, 5.74) is 13.3. The number of hydrogen-bond donors (Lipinski definition) is 2. The van der Waals surface area contributed by atoms with Crippen molar-refractivity contribution >= 4 is 5.91 Å². The van der Waals surface area contributed by atoms with Crippen LogP contribution in [0, 0.1) is 23.2 Å². The molecular formula is C22H32N4O. The lowest BCUT2D eigenvalue weighted by atomic mass is 9.39. The number of piperazine rings is 1. The third-order valence-electron chi connectivity index (χ3n) is 8.43. The van der Waals surface area contributed by atoms with Crippen LogP contribution in [0.2, 0.25) is 0 Å². The van der Waals surface area contributed by atoms with E-state index in [4.69, 9.17) is 11.5 Å². The minimum Gasteiger partial charge on any atom is -0.369 e. The number of amides is 1. The highest BCUT2D eigenvalue weighted by Gasteiger charge is 2.70. The molecule has 1 saturated heterocycles. The van der Waals surface area contributed by atoms with Gasteiger partial charge in [-0.05, 0) is 56.0 Å². The predicted molar refractivity (Wildman–Crippen MR) is 106 cm³/mol. The van der Waals surface area contributed by atoms with Crippen molar-refractivity contribution in [2.24, 2.45) is 34.6 Å². The van der Waals surface area contributed by atoms with E-state index >= 15 is 0 Å². The van der Waals surface area contributed by atoms with Crippen molar-refractivity contribution in [2.45, 2.75) is 37.3 Å². The molecule has 1 aliphatic heterocycles. The monoisotopic (exact) mass is 368 g/mol. The molecule has 6 atom stereocenters. The number of nitrogens with two attached hydrogens (primary N) is 2. The zero-order chi connectivity index (χ0) is 18.8. The van der Waals surface area contributed by atoms with Crippen LogP contribution >= 0.6 is 0 Å². The molecule has 4 saturated carbocycles. The van der Waals surface area contributed by atoms with Gasteiger partial charge in [0, 0.05) is 32.2 Å². The fraction of sp³-hybridized carbons (Fsp3) is 0.682. The van der Waals surface area contributed by atoms with Crippen LogP contribution in [-0.2, 0) is 10.3 Å². The fourth-order valence-electron chi connectivity index (χ4n) is 7.32. The number of rotatable bonds is 3. The van der Waals surface area contributed by atoms with Gasteiger partial charge in [-0.1, -0.05) is 30.3 Å². The van der Waals surface area contributed by atoms with E-state index in [0.717, 1.165) is 51.0 Å². The molecule has 1 aromatic rings. The summed E-state index contributed by atoms with van der Waals surface area (Å²) in [5.74, 6) is 1.29. The minimum absolute atomic E-state index is 0.176. The van der Waals surface area contributed by atoms with E-state index < -0.39 is 11.0 Å². The third kappa shape index (κ3) is 2.31. The van der Waals surface area contributed by atoms with Crippen LogP contribution in [0.15, 0.2) is 30.3 Å². The molecule has 0 spiro atoms. The third-order valence-corrected chi connectivity index (χ3v) is 8.43. The summed E-state index contributed by atoms with van der Waals surface area (Å²) in [7, 11) is 2.20. The van der Waals surface area contributed by atoms with Crippen LogP contribution in [0.4, 0.5) is 0 Å². The van der Waals surface area contributed by atoms with Crippen molar-refractivity contribution in [1.82, 2.24) is 9.80 Å². The average Bonchev–Trinajstić information content (AvgIpc) is 2.67. The van der Waals surface area contributed by atoms with Crippen molar-refractivity contribution in [3.63, 3.8) is 0 Å². The highest BCUT2D eigenvalue weighted by molar-refractivity contribution is 5.84. The average molecular weight is 369 g/mol. The molecule has 4 aliphatic carbocycles. The Balaban J connectivity index is 1.60. The standard InChI is InChI=1S/C22H32N4O/c1-25-7-9-26(10-8-25)19-16-11-15-12-18(19)22(24,17-5-3-2-4-6-17)21(13-15,14-16)20(23)27/h2-6,15-16,18-19H,7-14,24H2,1H3,(H2,23,27). The van der Waals surface area contributed by atoms with Gasteiger partial charge in [0.15, 0.2) is 0 Å². The maximum absolute atomic E-state index is 12.9. The second-order valence-electron chi connectivity index (χ2n) is 9.62. The molecule has 27 heavy (non-hydrogen) atoms. The lowest BCUT2D eigenvalue weighted by Gasteiger charge is -2.69. The summed E-state index contributed by atoms with van der Waals surface area (Å²) in [5, 5.41) is 0. The second-order valence-corrected chi connectivity index (χ2v) is 9.62. The Labute approximate surface area is 162 Å². The summed E-state index contributed by atoms with van der Waals surface area (Å²) in [6, 6.07) is 10.8. The maximum Gasteiger partial charge on any atom is 0.225 e. The van der Waals surface area contributed by atoms with Crippen LogP contribution < -0.4 is 11.5 Å². The van der Waals surface area contributed by atoms with Gasteiger partial charge >= 0.3 is 0 Å². The van der Waals surface area contributed by atoms with Gasteiger partial charge in [-0.15, -0.1) is 0 Å². The first-order chi connectivity index (χ1) is 13.0. The Morgan fingerprint density at radius 3 is 2.44 bits per heavy atom. The Morgan fingerprint density at radius 1 is 1.07 bits per heavy atom. The van der Waals surface area contributed by atoms with Crippen molar-refractivity contribution in [1.29, 1.82) is 0 Å². The first kappa shape index (κ1) is 17.7. The molecule has 1 aromatic carbocycles. The van der Waals surface area contributed by atoms with E-state index in [-0.39, 0.29) is 5.91 Å². The Kier molecular flexibility index (Phi) is 3.94. The predicted octanol–water partition coefficient (Wildman–Crippen LogP) is 1.38.